The fourth-order valence-corrected chi connectivity index (χ4v) is 3.43. The van der Waals surface area contributed by atoms with Crippen molar-refractivity contribution in [2.45, 2.75) is 12.1 Å². The first-order chi connectivity index (χ1) is 11.7. The first kappa shape index (κ1) is 17.4. The number of fused-ring (bicyclic) bond motifs is 4. The fourth-order valence-electron chi connectivity index (χ4n) is 3.06. The van der Waals surface area contributed by atoms with E-state index >= 15 is 0 Å². The summed E-state index contributed by atoms with van der Waals surface area (Å²) in [6.07, 6.45) is 0. The summed E-state index contributed by atoms with van der Waals surface area (Å²) >= 11 is 0. The molecular formula is C13H16N4O7S. The number of ether oxygens (including phenoxy) is 1. The molecule has 1 aromatic rings. The minimum absolute atomic E-state index is 0.0324. The molecule has 1 unspecified atom stereocenters. The highest BCUT2D eigenvalue weighted by atomic mass is 32.3. The van der Waals surface area contributed by atoms with Crippen molar-refractivity contribution in [2.24, 2.45) is 11.5 Å². The molecule has 2 atom stereocenters. The molecule has 3 amide bonds. The van der Waals surface area contributed by atoms with Gasteiger partial charge in [-0.05, 0) is 23.3 Å². The zero-order chi connectivity index (χ0) is 18.4. The van der Waals surface area contributed by atoms with Crippen LogP contribution in [0.2, 0.25) is 0 Å². The molecule has 1 fully saturated rings. The van der Waals surface area contributed by atoms with Crippen LogP contribution in [0.5, 0.6) is 5.75 Å². The number of nitrogens with zero attached hydrogens (tertiary/aromatic N) is 2. The Bertz CT molecular complexity index is 828. The summed E-state index contributed by atoms with van der Waals surface area (Å²) in [4.78, 5) is 25.3. The molecular weight excluding hydrogens is 356 g/mol. The third-order valence-corrected chi connectivity index (χ3v) is 4.29. The van der Waals surface area contributed by atoms with Crippen LogP contribution in [0.1, 0.15) is 23.2 Å². The predicted octanol–water partition coefficient (Wildman–Crippen LogP) is -0.923. The number of carbonyl (C=O) groups is 2. The van der Waals surface area contributed by atoms with Crippen LogP contribution >= 0.6 is 0 Å². The van der Waals surface area contributed by atoms with Gasteiger partial charge in [-0.1, -0.05) is 6.07 Å². The predicted molar refractivity (Wildman–Crippen MR) is 82.2 cm³/mol. The number of hydroxylamine groups is 2. The summed E-state index contributed by atoms with van der Waals surface area (Å²) in [5, 5.41) is 0.504. The van der Waals surface area contributed by atoms with Crippen molar-refractivity contribution < 1.29 is 31.6 Å². The van der Waals surface area contributed by atoms with Gasteiger partial charge >= 0.3 is 16.4 Å². The molecule has 5 N–H and O–H groups in total. The smallest absolute Gasteiger partial charge is 0.418 e. The Hall–Kier alpha value is -2.41. The molecule has 0 saturated carbocycles. The van der Waals surface area contributed by atoms with E-state index in [1.807, 2.05) is 0 Å². The van der Waals surface area contributed by atoms with Crippen molar-refractivity contribution in [3.05, 3.63) is 29.3 Å². The van der Waals surface area contributed by atoms with Gasteiger partial charge in [-0.2, -0.15) is 13.5 Å². The maximum atomic E-state index is 12.4. The number of amides is 3. The number of urea groups is 1. The summed E-state index contributed by atoms with van der Waals surface area (Å²) < 4.78 is 40.8. The zero-order valence-corrected chi connectivity index (χ0v) is 13.7. The van der Waals surface area contributed by atoms with Crippen LogP contribution in [0, 0.1) is 0 Å². The van der Waals surface area contributed by atoms with E-state index < -0.39 is 34.4 Å². The van der Waals surface area contributed by atoms with Gasteiger partial charge in [0.2, 0.25) is 5.91 Å². The van der Waals surface area contributed by atoms with E-state index in [1.165, 1.54) is 0 Å². The van der Waals surface area contributed by atoms with E-state index in [0.717, 1.165) is 4.90 Å². The van der Waals surface area contributed by atoms with E-state index in [9.17, 15) is 18.0 Å². The minimum atomic E-state index is -4.93. The Morgan fingerprint density at radius 1 is 1.36 bits per heavy atom. The van der Waals surface area contributed by atoms with E-state index in [1.54, 1.807) is 18.2 Å². The zero-order valence-electron chi connectivity index (χ0n) is 12.9. The average molecular weight is 372 g/mol. The molecule has 136 valence electrons. The third-order valence-electron chi connectivity index (χ3n) is 3.94. The summed E-state index contributed by atoms with van der Waals surface area (Å²) in [7, 11) is -4.93. The quantitative estimate of drug-likeness (QED) is 0.539. The van der Waals surface area contributed by atoms with Crippen LogP contribution in [0.15, 0.2) is 18.2 Å². The number of carbonyl (C=O) groups excluding carboxylic acids is 2. The van der Waals surface area contributed by atoms with Gasteiger partial charge in [0.1, 0.15) is 24.4 Å². The maximum Gasteiger partial charge on any atom is 0.418 e. The highest BCUT2D eigenvalue weighted by Gasteiger charge is 2.51. The van der Waals surface area contributed by atoms with Crippen molar-refractivity contribution in [3.8, 4) is 5.75 Å². The second-order valence-corrected chi connectivity index (χ2v) is 6.52. The second kappa shape index (κ2) is 6.15. The lowest BCUT2D eigenvalue weighted by Crippen LogP contribution is -2.41. The van der Waals surface area contributed by atoms with Crippen molar-refractivity contribution in [2.75, 3.05) is 19.7 Å². The Labute approximate surface area is 143 Å². The van der Waals surface area contributed by atoms with Gasteiger partial charge in [-0.25, -0.2) is 4.79 Å². The number of rotatable bonds is 6. The molecule has 1 saturated heterocycles. The normalized spacial score (nSPS) is 22.1. The highest BCUT2D eigenvalue weighted by molar-refractivity contribution is 7.80. The third kappa shape index (κ3) is 3.11. The van der Waals surface area contributed by atoms with E-state index in [0.29, 0.717) is 21.9 Å². The topological polar surface area (TPSA) is 165 Å². The second-order valence-electron chi connectivity index (χ2n) is 5.51. The lowest BCUT2D eigenvalue weighted by Gasteiger charge is -2.30. The van der Waals surface area contributed by atoms with E-state index in [4.69, 9.17) is 20.8 Å². The molecule has 0 radical (unpaired) electrons. The molecule has 2 aliphatic heterocycles. The number of nitrogens with two attached hydrogens (primary N) is 2. The molecule has 3 rings (SSSR count). The van der Waals surface area contributed by atoms with Crippen LogP contribution in [0.25, 0.3) is 0 Å². The SMILES string of the molecule is NCCOc1ccc2c(c1)[C@H]1CN(C(=O)N1OS(=O)(=O)O)C2C(N)=O. The highest BCUT2D eigenvalue weighted by Crippen LogP contribution is 2.45. The summed E-state index contributed by atoms with van der Waals surface area (Å²) in [5.41, 5.74) is 11.7. The van der Waals surface area contributed by atoms with Gasteiger partial charge in [-0.3, -0.25) is 9.35 Å². The first-order valence-corrected chi connectivity index (χ1v) is 8.62. The van der Waals surface area contributed by atoms with Gasteiger partial charge in [0.25, 0.3) is 0 Å². The van der Waals surface area contributed by atoms with Crippen LogP contribution in [0.4, 0.5) is 4.79 Å². The van der Waals surface area contributed by atoms with Gasteiger partial charge < -0.3 is 21.1 Å². The van der Waals surface area contributed by atoms with Crippen LogP contribution in [-0.2, 0) is 19.5 Å². The monoisotopic (exact) mass is 372 g/mol. The number of primary amides is 1. The molecule has 0 spiro atoms. The molecule has 0 aromatic heterocycles. The average Bonchev–Trinajstić information content (AvgIpc) is 2.78. The molecule has 0 aliphatic carbocycles. The molecule has 12 heteroatoms. The Morgan fingerprint density at radius 3 is 2.68 bits per heavy atom. The maximum absolute atomic E-state index is 12.4. The summed E-state index contributed by atoms with van der Waals surface area (Å²) in [6, 6.07) is 1.88. The lowest BCUT2D eigenvalue weighted by molar-refractivity contribution is -0.122. The van der Waals surface area contributed by atoms with Gasteiger partial charge in [0.05, 0.1) is 6.54 Å². The number of benzene rings is 1. The van der Waals surface area contributed by atoms with E-state index in [2.05, 4.69) is 4.28 Å². The van der Waals surface area contributed by atoms with Crippen LogP contribution in [0.3, 0.4) is 0 Å². The molecule has 1 aromatic carbocycles. The number of hydrogen-bond acceptors (Lipinski definition) is 7. The lowest BCUT2D eigenvalue weighted by atomic mass is 9.90. The molecule has 2 bridgehead atoms. The van der Waals surface area contributed by atoms with Crippen molar-refractivity contribution >= 4 is 22.3 Å². The van der Waals surface area contributed by atoms with Crippen LogP contribution < -0.4 is 16.2 Å². The Kier molecular flexibility index (Phi) is 4.28. The van der Waals surface area contributed by atoms with E-state index in [-0.39, 0.29) is 19.7 Å². The molecule has 25 heavy (non-hydrogen) atoms. The van der Waals surface area contributed by atoms with Crippen molar-refractivity contribution in [1.29, 1.82) is 0 Å². The fraction of sp³-hybridized carbons (Fsp3) is 0.385. The van der Waals surface area contributed by atoms with Gasteiger partial charge in [-0.15, -0.1) is 4.28 Å². The van der Waals surface area contributed by atoms with Crippen LogP contribution in [-0.4, -0.2) is 54.6 Å². The van der Waals surface area contributed by atoms with Crippen molar-refractivity contribution in [3.63, 3.8) is 0 Å². The van der Waals surface area contributed by atoms with Gasteiger partial charge in [0.15, 0.2) is 0 Å². The summed E-state index contributed by atoms with van der Waals surface area (Å²) in [5.74, 6) is -0.357. The number of hydrogen-bond donors (Lipinski definition) is 3. The van der Waals surface area contributed by atoms with Crippen molar-refractivity contribution in [1.82, 2.24) is 9.96 Å². The Balaban J connectivity index is 2.07. The standard InChI is InChI=1S/C13H16N4O7S/c14-3-4-23-7-1-2-8-9(5-7)10-6-16(11(8)12(15)18)13(19)17(10)24-25(20,21)22/h1-2,5,10-11H,3-4,6,14H2,(H2,15,18)(H,20,21,22)/t10-,11?/m1/s1. The Morgan fingerprint density at radius 2 is 2.08 bits per heavy atom. The molecule has 2 heterocycles. The molecule has 2 aliphatic rings. The minimum Gasteiger partial charge on any atom is -0.492 e. The largest absolute Gasteiger partial charge is 0.492 e. The first-order valence-electron chi connectivity index (χ1n) is 7.26. The summed E-state index contributed by atoms with van der Waals surface area (Å²) in [6.45, 7) is 0.503. The molecule has 11 nitrogen and oxygen atoms in total. The van der Waals surface area contributed by atoms with Gasteiger partial charge in [0, 0.05) is 6.54 Å².